The number of benzene rings is 1. The lowest BCUT2D eigenvalue weighted by atomic mass is 10.1. The zero-order valence-corrected chi connectivity index (χ0v) is 14.2. The number of halogens is 4. The number of alkyl halides is 3. The van der Waals surface area contributed by atoms with Crippen molar-refractivity contribution in [1.82, 2.24) is 4.98 Å². The summed E-state index contributed by atoms with van der Waals surface area (Å²) in [5.41, 5.74) is -0.710. The summed E-state index contributed by atoms with van der Waals surface area (Å²) in [5.74, 6) is -0.943. The van der Waals surface area contributed by atoms with Gasteiger partial charge in [0.15, 0.2) is 0 Å². The van der Waals surface area contributed by atoms with Crippen LogP contribution < -0.4 is 0 Å². The van der Waals surface area contributed by atoms with Gasteiger partial charge >= 0.3 is 14.7 Å². The highest BCUT2D eigenvalue weighted by Gasteiger charge is 2.35. The van der Waals surface area contributed by atoms with Crippen molar-refractivity contribution in [1.29, 1.82) is 0 Å². The molecule has 0 spiro atoms. The van der Waals surface area contributed by atoms with E-state index >= 15 is 0 Å². The van der Waals surface area contributed by atoms with E-state index in [9.17, 15) is 17.6 Å². The van der Waals surface area contributed by atoms with Gasteiger partial charge in [-0.25, -0.2) is 4.39 Å². The van der Waals surface area contributed by atoms with Gasteiger partial charge < -0.3 is 8.85 Å². The van der Waals surface area contributed by atoms with Crippen LogP contribution in [-0.4, -0.2) is 13.5 Å². The quantitative estimate of drug-likeness (QED) is 0.555. The molecule has 0 fully saturated rings. The van der Waals surface area contributed by atoms with E-state index in [1.165, 1.54) is 0 Å². The molecule has 2 rings (SSSR count). The van der Waals surface area contributed by atoms with Gasteiger partial charge in [0.2, 0.25) is 0 Å². The van der Waals surface area contributed by atoms with Gasteiger partial charge in [0.05, 0.1) is 18.8 Å². The Labute approximate surface area is 138 Å². The van der Waals surface area contributed by atoms with E-state index in [-0.39, 0.29) is 6.61 Å². The third-order valence-corrected chi connectivity index (χ3v) is 4.98. The second-order valence-corrected chi connectivity index (χ2v) is 8.98. The summed E-state index contributed by atoms with van der Waals surface area (Å²) in [6.07, 6.45) is -1.38. The molecule has 1 aromatic heterocycles. The molecule has 24 heavy (non-hydrogen) atoms. The Bertz CT molecular complexity index is 678. The molecule has 0 saturated carbocycles. The summed E-state index contributed by atoms with van der Waals surface area (Å²) < 4.78 is 63.9. The number of hydrogen-bond donors (Lipinski definition) is 0. The van der Waals surface area contributed by atoms with Crippen LogP contribution in [0.15, 0.2) is 42.7 Å². The van der Waals surface area contributed by atoms with Crippen molar-refractivity contribution in [3.8, 4) is 0 Å². The fraction of sp³-hybridized carbons (Fsp3) is 0.312. The molecule has 0 N–H and O–H groups in total. The van der Waals surface area contributed by atoms with Crippen LogP contribution in [0.3, 0.4) is 0 Å². The van der Waals surface area contributed by atoms with Crippen molar-refractivity contribution in [3.63, 3.8) is 0 Å². The molecule has 0 aliphatic carbocycles. The zero-order valence-electron chi connectivity index (χ0n) is 13.2. The molecule has 1 aromatic carbocycles. The molecule has 2 aromatic rings. The van der Waals surface area contributed by atoms with Gasteiger partial charge in [0.1, 0.15) is 5.82 Å². The molecule has 3 nitrogen and oxygen atoms in total. The third kappa shape index (κ3) is 5.12. The van der Waals surface area contributed by atoms with Crippen LogP contribution in [0.2, 0.25) is 13.1 Å². The molecule has 130 valence electrons. The van der Waals surface area contributed by atoms with E-state index in [0.717, 1.165) is 23.8 Å². The van der Waals surface area contributed by atoms with Crippen molar-refractivity contribution in [2.45, 2.75) is 32.5 Å². The van der Waals surface area contributed by atoms with Gasteiger partial charge in [0, 0.05) is 18.0 Å². The molecule has 0 amide bonds. The fourth-order valence-electron chi connectivity index (χ4n) is 2.00. The maximum atomic E-state index is 13.8. The Balaban J connectivity index is 2.04. The SMILES string of the molecule is C[Si](C)(OCc1cccnc1)OCc1c(F)cccc1C(F)(F)F. The molecule has 1 heterocycles. The van der Waals surface area contributed by atoms with Gasteiger partial charge in [-0.15, -0.1) is 0 Å². The Kier molecular flexibility index (Phi) is 5.73. The summed E-state index contributed by atoms with van der Waals surface area (Å²) in [7, 11) is -2.74. The van der Waals surface area contributed by atoms with Crippen molar-refractivity contribution < 1.29 is 26.4 Å². The number of nitrogens with zero attached hydrogens (tertiary/aromatic N) is 1. The topological polar surface area (TPSA) is 31.4 Å². The van der Waals surface area contributed by atoms with E-state index < -0.39 is 38.3 Å². The number of pyridine rings is 1. The lowest BCUT2D eigenvalue weighted by Gasteiger charge is -2.24. The minimum Gasteiger partial charge on any atom is -0.390 e. The summed E-state index contributed by atoms with van der Waals surface area (Å²) in [6, 6.07) is 6.42. The first-order valence-corrected chi connectivity index (χ1v) is 10.0. The molecular weight excluding hydrogens is 342 g/mol. The average molecular weight is 359 g/mol. The van der Waals surface area contributed by atoms with Crippen LogP contribution >= 0.6 is 0 Å². The first kappa shape index (κ1) is 18.6. The second kappa shape index (κ2) is 7.41. The Morgan fingerprint density at radius 1 is 1.04 bits per heavy atom. The highest BCUT2D eigenvalue weighted by atomic mass is 28.4. The van der Waals surface area contributed by atoms with E-state index in [1.807, 2.05) is 6.07 Å². The van der Waals surface area contributed by atoms with Gasteiger partial charge in [0.25, 0.3) is 0 Å². The van der Waals surface area contributed by atoms with Crippen molar-refractivity contribution in [3.05, 3.63) is 65.2 Å². The van der Waals surface area contributed by atoms with Crippen LogP contribution in [0, 0.1) is 5.82 Å². The number of aromatic nitrogens is 1. The predicted molar refractivity (Wildman–Crippen MR) is 82.7 cm³/mol. The molecular formula is C16H17F4NO2Si. The van der Waals surface area contributed by atoms with Crippen molar-refractivity contribution in [2.24, 2.45) is 0 Å². The predicted octanol–water partition coefficient (Wildman–Crippen LogP) is 4.67. The van der Waals surface area contributed by atoms with Gasteiger partial charge in [-0.3, -0.25) is 4.98 Å². The van der Waals surface area contributed by atoms with Gasteiger partial charge in [-0.05, 0) is 36.9 Å². The highest BCUT2D eigenvalue weighted by molar-refractivity contribution is 6.64. The van der Waals surface area contributed by atoms with Crippen LogP contribution in [0.4, 0.5) is 17.6 Å². The highest BCUT2D eigenvalue weighted by Crippen LogP contribution is 2.33. The monoisotopic (exact) mass is 359 g/mol. The van der Waals surface area contributed by atoms with Crippen LogP contribution in [0.5, 0.6) is 0 Å². The lowest BCUT2D eigenvalue weighted by Crippen LogP contribution is -2.34. The zero-order chi connectivity index (χ0) is 17.8. The first-order valence-electron chi connectivity index (χ1n) is 7.20. The minimum atomic E-state index is -4.64. The number of hydrogen-bond acceptors (Lipinski definition) is 3. The molecule has 0 bridgehead atoms. The van der Waals surface area contributed by atoms with Crippen LogP contribution in [0.1, 0.15) is 16.7 Å². The summed E-state index contributed by atoms with van der Waals surface area (Å²) >= 11 is 0. The summed E-state index contributed by atoms with van der Waals surface area (Å²) in [5, 5.41) is 0. The normalized spacial score (nSPS) is 12.4. The average Bonchev–Trinajstić information content (AvgIpc) is 2.52. The standard InChI is InChI=1S/C16H17F4NO2Si/c1-24(2,22-10-12-5-4-8-21-9-12)23-11-13-14(16(18,19)20)6-3-7-15(13)17/h3-9H,10-11H2,1-2H3. The van der Waals surface area contributed by atoms with E-state index in [0.29, 0.717) is 0 Å². The minimum absolute atomic E-state index is 0.233. The maximum Gasteiger partial charge on any atom is 0.416 e. The van der Waals surface area contributed by atoms with Crippen LogP contribution in [0.25, 0.3) is 0 Å². The lowest BCUT2D eigenvalue weighted by molar-refractivity contribution is -0.138. The van der Waals surface area contributed by atoms with E-state index in [1.54, 1.807) is 31.6 Å². The fourth-order valence-corrected chi connectivity index (χ4v) is 3.09. The van der Waals surface area contributed by atoms with Gasteiger partial charge in [-0.1, -0.05) is 12.1 Å². The Morgan fingerprint density at radius 2 is 1.75 bits per heavy atom. The molecule has 0 radical (unpaired) electrons. The molecule has 0 atom stereocenters. The molecule has 0 aliphatic rings. The second-order valence-electron chi connectivity index (χ2n) is 5.60. The summed E-state index contributed by atoms with van der Waals surface area (Å²) in [4.78, 5) is 3.95. The van der Waals surface area contributed by atoms with Gasteiger partial charge in [-0.2, -0.15) is 13.2 Å². The molecule has 8 heteroatoms. The molecule has 0 unspecified atom stereocenters. The van der Waals surface area contributed by atoms with E-state index in [4.69, 9.17) is 8.85 Å². The third-order valence-electron chi connectivity index (χ3n) is 3.30. The Morgan fingerprint density at radius 3 is 2.38 bits per heavy atom. The smallest absolute Gasteiger partial charge is 0.390 e. The first-order chi connectivity index (χ1) is 11.2. The van der Waals surface area contributed by atoms with Crippen LogP contribution in [-0.2, 0) is 28.2 Å². The maximum absolute atomic E-state index is 13.8. The molecule has 0 aliphatic heterocycles. The largest absolute Gasteiger partial charge is 0.416 e. The van der Waals surface area contributed by atoms with Crippen molar-refractivity contribution >= 4 is 8.56 Å². The van der Waals surface area contributed by atoms with E-state index in [2.05, 4.69) is 4.98 Å². The summed E-state index contributed by atoms with van der Waals surface area (Å²) in [6.45, 7) is 3.12. The molecule has 0 saturated heterocycles. The van der Waals surface area contributed by atoms with Crippen molar-refractivity contribution in [2.75, 3.05) is 0 Å². The Hall–Kier alpha value is -1.77. The number of rotatable bonds is 6.